The first-order valence-corrected chi connectivity index (χ1v) is 14.7. The van der Waals surface area contributed by atoms with Gasteiger partial charge in [0.25, 0.3) is 0 Å². The fourth-order valence-corrected chi connectivity index (χ4v) is 5.15. The van der Waals surface area contributed by atoms with Gasteiger partial charge in [-0.2, -0.15) is 0 Å². The van der Waals surface area contributed by atoms with Crippen LogP contribution in [-0.2, 0) is 26.2 Å². The highest BCUT2D eigenvalue weighted by molar-refractivity contribution is 9.10. The Balaban J connectivity index is 2.19. The predicted molar refractivity (Wildman–Crippen MR) is 146 cm³/mol. The van der Waals surface area contributed by atoms with Crippen LogP contribution in [-0.4, -0.2) is 57.1 Å². The van der Waals surface area contributed by atoms with Crippen molar-refractivity contribution in [1.82, 2.24) is 10.2 Å². The molecule has 0 spiro atoms. The Morgan fingerprint density at radius 1 is 1.11 bits per heavy atom. The number of benzene rings is 2. The van der Waals surface area contributed by atoms with Crippen molar-refractivity contribution in [3.63, 3.8) is 0 Å². The zero-order chi connectivity index (χ0) is 26.7. The van der Waals surface area contributed by atoms with Gasteiger partial charge in [-0.25, -0.2) is 8.42 Å². The van der Waals surface area contributed by atoms with Crippen LogP contribution in [0.25, 0.3) is 0 Å². The van der Waals surface area contributed by atoms with Crippen LogP contribution in [0.3, 0.4) is 0 Å². The Bertz CT molecular complexity index is 1130. The second-order valence-corrected chi connectivity index (χ2v) is 11.3. The summed E-state index contributed by atoms with van der Waals surface area (Å²) in [6.45, 7) is 6.81. The van der Waals surface area contributed by atoms with E-state index in [-0.39, 0.29) is 37.7 Å². The van der Waals surface area contributed by atoms with Crippen LogP contribution in [0.15, 0.2) is 53.0 Å². The molecule has 0 fully saturated rings. The molecule has 0 saturated heterocycles. The lowest BCUT2D eigenvalue weighted by Gasteiger charge is -2.29. The fourth-order valence-electron chi connectivity index (χ4n) is 3.73. The van der Waals surface area contributed by atoms with Crippen LogP contribution < -0.4 is 14.4 Å². The molecule has 198 valence electrons. The Labute approximate surface area is 223 Å². The van der Waals surface area contributed by atoms with Crippen molar-refractivity contribution < 1.29 is 22.7 Å². The Morgan fingerprint density at radius 2 is 1.83 bits per heavy atom. The first kappa shape index (κ1) is 29.6. The van der Waals surface area contributed by atoms with E-state index in [4.69, 9.17) is 4.74 Å². The smallest absolute Gasteiger partial charge is 0.242 e. The van der Waals surface area contributed by atoms with Crippen molar-refractivity contribution in [3.8, 4) is 5.75 Å². The van der Waals surface area contributed by atoms with Crippen molar-refractivity contribution in [2.24, 2.45) is 0 Å². The molecule has 10 heteroatoms. The van der Waals surface area contributed by atoms with Crippen LogP contribution in [0.5, 0.6) is 5.75 Å². The number of anilines is 1. The number of halogens is 1. The SMILES string of the molecule is CCCNC(=O)[C@H](C)N(Cc1cccc(Br)c1)C(=O)CCCN(c1ccccc1OCC)S(C)(=O)=O. The molecule has 0 aliphatic heterocycles. The molecule has 36 heavy (non-hydrogen) atoms. The maximum Gasteiger partial charge on any atom is 0.242 e. The minimum absolute atomic E-state index is 0.0855. The molecule has 2 amide bonds. The summed E-state index contributed by atoms with van der Waals surface area (Å²) >= 11 is 3.45. The van der Waals surface area contributed by atoms with Crippen molar-refractivity contribution in [1.29, 1.82) is 0 Å². The van der Waals surface area contributed by atoms with Gasteiger partial charge in [0.05, 0.1) is 18.6 Å². The summed E-state index contributed by atoms with van der Waals surface area (Å²) in [4.78, 5) is 27.6. The van der Waals surface area contributed by atoms with E-state index in [1.807, 2.05) is 38.1 Å². The molecule has 0 radical (unpaired) electrons. The largest absolute Gasteiger partial charge is 0.492 e. The number of carbonyl (C=O) groups excluding carboxylic acids is 2. The van der Waals surface area contributed by atoms with Gasteiger partial charge in [-0.1, -0.05) is 47.1 Å². The molecule has 0 aliphatic rings. The first-order chi connectivity index (χ1) is 17.1. The number of para-hydroxylation sites is 2. The molecular weight excluding hydrogens is 546 g/mol. The van der Waals surface area contributed by atoms with Crippen molar-refractivity contribution in [3.05, 3.63) is 58.6 Å². The molecule has 2 aromatic carbocycles. The number of sulfonamides is 1. The van der Waals surface area contributed by atoms with E-state index in [0.717, 1.165) is 22.7 Å². The molecule has 2 rings (SSSR count). The van der Waals surface area contributed by atoms with Crippen LogP contribution in [0.4, 0.5) is 5.69 Å². The Kier molecular flexibility index (Phi) is 11.7. The highest BCUT2D eigenvalue weighted by Gasteiger charge is 2.27. The lowest BCUT2D eigenvalue weighted by molar-refractivity contribution is -0.140. The standard InChI is InChI=1S/C26H36BrN3O5S/c1-5-16-28-26(32)20(3)29(19-21-11-9-12-22(27)18-21)25(31)15-10-17-30(36(4,33)34)23-13-7-8-14-24(23)35-6-2/h7-9,11-14,18,20H,5-6,10,15-17,19H2,1-4H3,(H,28,32)/t20-/m0/s1. The molecule has 0 aromatic heterocycles. The quantitative estimate of drug-likeness (QED) is 0.358. The summed E-state index contributed by atoms with van der Waals surface area (Å²) in [5, 5.41) is 2.85. The van der Waals surface area contributed by atoms with E-state index < -0.39 is 16.1 Å². The molecule has 0 saturated carbocycles. The average Bonchev–Trinajstić information content (AvgIpc) is 2.83. The topological polar surface area (TPSA) is 96.0 Å². The molecular formula is C26H36BrN3O5S. The predicted octanol–water partition coefficient (Wildman–Crippen LogP) is 4.34. The summed E-state index contributed by atoms with van der Waals surface area (Å²) in [6, 6.07) is 13.8. The monoisotopic (exact) mass is 581 g/mol. The van der Waals surface area contributed by atoms with Gasteiger partial charge >= 0.3 is 0 Å². The third-order valence-electron chi connectivity index (χ3n) is 5.54. The number of amides is 2. The van der Waals surface area contributed by atoms with Gasteiger partial charge < -0.3 is 15.0 Å². The number of nitrogens with one attached hydrogen (secondary N) is 1. The third-order valence-corrected chi connectivity index (χ3v) is 7.22. The Hall–Kier alpha value is -2.59. The molecule has 1 atom stereocenters. The third kappa shape index (κ3) is 8.81. The maximum atomic E-state index is 13.3. The molecule has 0 heterocycles. The van der Waals surface area contributed by atoms with Crippen molar-refractivity contribution >= 4 is 43.5 Å². The van der Waals surface area contributed by atoms with E-state index in [1.54, 1.807) is 36.1 Å². The van der Waals surface area contributed by atoms with Crippen LogP contribution in [0, 0.1) is 0 Å². The van der Waals surface area contributed by atoms with E-state index in [9.17, 15) is 18.0 Å². The van der Waals surface area contributed by atoms with E-state index >= 15 is 0 Å². The number of ether oxygens (including phenoxy) is 1. The lowest BCUT2D eigenvalue weighted by atomic mass is 10.1. The van der Waals surface area contributed by atoms with Gasteiger partial charge in [0.2, 0.25) is 21.8 Å². The van der Waals surface area contributed by atoms with Gasteiger partial charge in [-0.3, -0.25) is 13.9 Å². The molecule has 1 N–H and O–H groups in total. The highest BCUT2D eigenvalue weighted by Crippen LogP contribution is 2.30. The maximum absolute atomic E-state index is 13.3. The second kappa shape index (κ2) is 14.2. The fraction of sp³-hybridized carbons (Fsp3) is 0.462. The zero-order valence-electron chi connectivity index (χ0n) is 21.4. The summed E-state index contributed by atoms with van der Waals surface area (Å²) < 4.78 is 32.9. The molecule has 0 aliphatic carbocycles. The second-order valence-electron chi connectivity index (χ2n) is 8.46. The molecule has 0 unspecified atom stereocenters. The molecule has 8 nitrogen and oxygen atoms in total. The van der Waals surface area contributed by atoms with Crippen molar-refractivity contribution in [2.75, 3.05) is 30.3 Å². The molecule has 0 bridgehead atoms. The highest BCUT2D eigenvalue weighted by atomic mass is 79.9. The number of hydrogen-bond donors (Lipinski definition) is 1. The van der Waals surface area contributed by atoms with Gasteiger partial charge in [-0.05, 0) is 56.5 Å². The summed E-state index contributed by atoms with van der Waals surface area (Å²) in [6.07, 6.45) is 2.30. The van der Waals surface area contributed by atoms with Gasteiger partial charge in [0.1, 0.15) is 11.8 Å². The lowest BCUT2D eigenvalue weighted by Crippen LogP contribution is -2.47. The van der Waals surface area contributed by atoms with Crippen LogP contribution in [0.1, 0.15) is 45.6 Å². The minimum atomic E-state index is -3.61. The average molecular weight is 583 g/mol. The van der Waals surface area contributed by atoms with Gasteiger partial charge in [-0.15, -0.1) is 0 Å². The van der Waals surface area contributed by atoms with Gasteiger partial charge in [0, 0.05) is 30.5 Å². The molecule has 2 aromatic rings. The van der Waals surface area contributed by atoms with E-state index in [0.29, 0.717) is 24.6 Å². The number of carbonyl (C=O) groups is 2. The summed E-state index contributed by atoms with van der Waals surface area (Å²) in [5.74, 6) is 0.0264. The van der Waals surface area contributed by atoms with E-state index in [2.05, 4.69) is 21.2 Å². The van der Waals surface area contributed by atoms with Crippen LogP contribution >= 0.6 is 15.9 Å². The summed E-state index contributed by atoms with van der Waals surface area (Å²) in [7, 11) is -3.61. The van der Waals surface area contributed by atoms with Crippen LogP contribution in [0.2, 0.25) is 0 Å². The zero-order valence-corrected chi connectivity index (χ0v) is 23.8. The van der Waals surface area contributed by atoms with E-state index in [1.165, 1.54) is 4.31 Å². The first-order valence-electron chi connectivity index (χ1n) is 12.1. The number of hydrogen-bond acceptors (Lipinski definition) is 5. The summed E-state index contributed by atoms with van der Waals surface area (Å²) in [5.41, 5.74) is 1.32. The van der Waals surface area contributed by atoms with Gasteiger partial charge in [0.15, 0.2) is 0 Å². The normalized spacial score (nSPS) is 12.0. The number of nitrogens with zero attached hydrogens (tertiary/aromatic N) is 2. The Morgan fingerprint density at radius 3 is 2.47 bits per heavy atom. The number of rotatable bonds is 14. The minimum Gasteiger partial charge on any atom is -0.492 e. The van der Waals surface area contributed by atoms with Crippen molar-refractivity contribution in [2.45, 2.75) is 52.6 Å².